The van der Waals surface area contributed by atoms with Crippen molar-refractivity contribution in [2.45, 2.75) is 32.4 Å². The number of nitrogens with two attached hydrogens (primary N) is 2. The van der Waals surface area contributed by atoms with Crippen molar-refractivity contribution in [2.24, 2.45) is 10.7 Å². The second-order valence-corrected chi connectivity index (χ2v) is 25.7. The minimum absolute atomic E-state index is 0.0127. The summed E-state index contributed by atoms with van der Waals surface area (Å²) >= 11 is 0. The van der Waals surface area contributed by atoms with E-state index in [9.17, 15) is 56.8 Å². The molecule has 0 saturated carbocycles. The van der Waals surface area contributed by atoms with E-state index in [0.29, 0.717) is 5.69 Å². The van der Waals surface area contributed by atoms with Crippen LogP contribution < -0.4 is 32.7 Å². The summed E-state index contributed by atoms with van der Waals surface area (Å²) < 4.78 is 166. The van der Waals surface area contributed by atoms with Crippen LogP contribution in [0.4, 0.5) is 39.0 Å². The van der Waals surface area contributed by atoms with Crippen LogP contribution in [0.25, 0.3) is 0 Å². The number of fused-ring (bicyclic) bond motifs is 3. The molecule has 6 aliphatic rings. The SMILES string of the molecule is C=C1N[C@@]2(c3cc(N)ccc3F)COC[C@H]2S(=O)(=O)N1C.C=C1N[C@@]2(c3cc(NC(=O)c4ccc(F)cn4)ccc3F)COC[C@H]2S(=O)(=O)N1C.CN1C(N)=N[C@@]2(c3cc(NC(=O)c4ccc(F)cn4)ccc3F)COC[C@H]2S1(=O)=O. The lowest BCUT2D eigenvalue weighted by Gasteiger charge is -2.44. The molecule has 0 radical (unpaired) electrons. The first-order valence-corrected chi connectivity index (χ1v) is 28.6. The second-order valence-electron chi connectivity index (χ2n) is 19.3. The Morgan fingerprint density at radius 2 is 0.988 bits per heavy atom. The fraction of sp³-hybridized carbons (Fsp3) is 0.300. The van der Waals surface area contributed by atoms with E-state index in [1.165, 1.54) is 75.7 Å². The van der Waals surface area contributed by atoms with Gasteiger partial charge in [0.2, 0.25) is 36.0 Å². The molecule has 2 amide bonds. The number of aromatic nitrogens is 2. The molecule has 0 spiro atoms. The lowest BCUT2D eigenvalue weighted by molar-refractivity contribution is 0.101. The molecular formula is C50H51F5N12O11S3. The Balaban J connectivity index is 0.000000149. The van der Waals surface area contributed by atoms with E-state index >= 15 is 0 Å². The second kappa shape index (κ2) is 21.2. The van der Waals surface area contributed by atoms with E-state index in [1.54, 1.807) is 0 Å². The van der Waals surface area contributed by atoms with Crippen LogP contribution in [0, 0.1) is 29.1 Å². The minimum Gasteiger partial charge on any atom is -0.399 e. The molecule has 0 bridgehead atoms. The Hall–Kier alpha value is -7.97. The number of hydrogen-bond acceptors (Lipinski definition) is 18. The average molecular weight is 1190 g/mol. The number of carbonyl (C=O) groups excluding carboxylic acids is 2. The summed E-state index contributed by atoms with van der Waals surface area (Å²) in [4.78, 5) is 36.4. The smallest absolute Gasteiger partial charge is 0.274 e. The lowest BCUT2D eigenvalue weighted by Crippen LogP contribution is -2.63. The molecule has 2 aromatic heterocycles. The number of guanidine groups is 1. The highest BCUT2D eigenvalue weighted by Gasteiger charge is 2.61. The zero-order chi connectivity index (χ0) is 58.8. The van der Waals surface area contributed by atoms with Gasteiger partial charge in [0.25, 0.3) is 11.8 Å². The highest BCUT2D eigenvalue weighted by molar-refractivity contribution is 7.90. The van der Waals surface area contributed by atoms with Crippen LogP contribution in [0.5, 0.6) is 0 Å². The monoisotopic (exact) mass is 1190 g/mol. The number of halogens is 5. The fourth-order valence-electron chi connectivity index (χ4n) is 10.1. The van der Waals surface area contributed by atoms with Gasteiger partial charge in [0.1, 0.15) is 84.5 Å². The third-order valence-corrected chi connectivity index (χ3v) is 21.2. The van der Waals surface area contributed by atoms with Gasteiger partial charge in [0, 0.05) is 54.9 Å². The molecular weight excluding hydrogens is 1140 g/mol. The Kier molecular flexibility index (Phi) is 15.1. The number of ether oxygens (including phenoxy) is 3. The Labute approximate surface area is 461 Å². The molecule has 5 saturated heterocycles. The number of rotatable bonds is 7. The first-order valence-electron chi connectivity index (χ1n) is 24.1. The van der Waals surface area contributed by atoms with Crippen molar-refractivity contribution in [2.75, 3.05) is 77.2 Å². The molecule has 5 fully saturated rings. The van der Waals surface area contributed by atoms with Crippen molar-refractivity contribution >= 4 is 64.9 Å². The van der Waals surface area contributed by atoms with Gasteiger partial charge in [-0.1, -0.05) is 13.2 Å². The van der Waals surface area contributed by atoms with Crippen molar-refractivity contribution in [3.05, 3.63) is 173 Å². The summed E-state index contributed by atoms with van der Waals surface area (Å²) in [7, 11) is -7.45. The van der Waals surface area contributed by atoms with Gasteiger partial charge in [-0.15, -0.1) is 0 Å². The zero-order valence-corrected chi connectivity index (χ0v) is 45.4. The van der Waals surface area contributed by atoms with Crippen LogP contribution in [0.2, 0.25) is 0 Å². The lowest BCUT2D eigenvalue weighted by atomic mass is 9.87. The molecule has 0 aliphatic carbocycles. The van der Waals surface area contributed by atoms with Crippen LogP contribution >= 0.6 is 0 Å². The number of sulfonamides is 3. The Morgan fingerprint density at radius 1 is 0.580 bits per heavy atom. The number of carbonyl (C=O) groups is 2. The molecule has 6 aliphatic heterocycles. The van der Waals surface area contributed by atoms with E-state index < -0.39 is 103 Å². The largest absolute Gasteiger partial charge is 0.399 e. The summed E-state index contributed by atoms with van der Waals surface area (Å²) in [6.07, 6.45) is 1.80. The van der Waals surface area contributed by atoms with Crippen molar-refractivity contribution in [3.8, 4) is 0 Å². The van der Waals surface area contributed by atoms with Gasteiger partial charge in [-0.05, 0) is 78.9 Å². The standard InChI is InChI=1S/C19H18F2N4O4S.C18H17F2N5O4S.C13H16FN3O3S/c1-11-24-19(10-29-9-17(19)30(27,28)25(11)2)14-7-13(4-5-15(14)21)23-18(26)16-6-3-12(20)8-22-16;1-25-17(21)24-18(9-29-8-15(18)30(25,27)28)12-6-11(3-4-13(12)20)23-16(26)14-5-2-10(19)7-22-14;1-8-16-13(10-5-9(15)3-4-11(10)14)7-20-6-12(13)21(18,19)17(8)2/h3-8,17,24H,1,9-10H2,2H3,(H,23,26);2-7,15H,8-9H2,1H3,(H2,21,24)(H,23,26);3-5,12,16H,1,6-7,15H2,2H3/t17-,19-;15-,18-;12-,13-/m111/s1. The fourth-order valence-corrected chi connectivity index (χ4v) is 15.3. The van der Waals surface area contributed by atoms with Gasteiger partial charge < -0.3 is 46.9 Å². The van der Waals surface area contributed by atoms with Crippen molar-refractivity contribution in [3.63, 3.8) is 0 Å². The first kappa shape index (κ1) is 57.7. The van der Waals surface area contributed by atoms with Gasteiger partial charge in [0.05, 0.1) is 52.0 Å². The highest BCUT2D eigenvalue weighted by Crippen LogP contribution is 2.46. The van der Waals surface area contributed by atoms with Gasteiger partial charge in [-0.3, -0.25) is 18.2 Å². The summed E-state index contributed by atoms with van der Waals surface area (Å²) in [5, 5.41) is 7.90. The topological polar surface area (TPSA) is 312 Å². The molecule has 8 heterocycles. The van der Waals surface area contributed by atoms with E-state index in [0.717, 1.165) is 49.6 Å². The van der Waals surface area contributed by atoms with Crippen LogP contribution in [-0.2, 0) is 60.9 Å². The molecule has 0 unspecified atom stereocenters. The van der Waals surface area contributed by atoms with Crippen LogP contribution in [0.1, 0.15) is 37.7 Å². The normalized spacial score (nSPS) is 26.4. The number of nitrogens with zero attached hydrogens (tertiary/aromatic N) is 6. The third-order valence-electron chi connectivity index (χ3n) is 14.6. The van der Waals surface area contributed by atoms with E-state index in [1.807, 2.05) is 0 Å². The third kappa shape index (κ3) is 10.1. The summed E-state index contributed by atoms with van der Waals surface area (Å²) in [5.41, 5.74) is 8.12. The Morgan fingerprint density at radius 3 is 1.46 bits per heavy atom. The highest BCUT2D eigenvalue weighted by atomic mass is 32.2. The first-order chi connectivity index (χ1) is 38.1. The predicted octanol–water partition coefficient (Wildman–Crippen LogP) is 2.68. The van der Waals surface area contributed by atoms with Gasteiger partial charge in [-0.2, -0.15) is 0 Å². The minimum atomic E-state index is -3.94. The van der Waals surface area contributed by atoms with Crippen LogP contribution in [0.3, 0.4) is 0 Å². The molecule has 8 N–H and O–H groups in total. The number of nitrogen functional groups attached to an aromatic ring is 1. The van der Waals surface area contributed by atoms with E-state index in [2.05, 4.69) is 49.4 Å². The molecule has 31 heteroatoms. The maximum absolute atomic E-state index is 14.9. The maximum atomic E-state index is 14.9. The number of anilines is 3. The summed E-state index contributed by atoms with van der Waals surface area (Å²) in [5.74, 6) is -4.40. The predicted molar refractivity (Wildman–Crippen MR) is 283 cm³/mol. The van der Waals surface area contributed by atoms with Gasteiger partial charge >= 0.3 is 0 Å². The molecule has 23 nitrogen and oxygen atoms in total. The van der Waals surface area contributed by atoms with E-state index in [4.69, 9.17) is 25.7 Å². The summed E-state index contributed by atoms with van der Waals surface area (Å²) in [6, 6.07) is 16.2. The maximum Gasteiger partial charge on any atom is 0.274 e. The summed E-state index contributed by atoms with van der Waals surface area (Å²) in [6.45, 7) is 6.84. The van der Waals surface area contributed by atoms with Gasteiger partial charge in [-0.25, -0.2) is 66.5 Å². The van der Waals surface area contributed by atoms with Crippen LogP contribution in [0.15, 0.2) is 121 Å². The molecule has 3 aromatic carbocycles. The molecule has 5 aromatic rings. The number of benzene rings is 3. The number of aliphatic imine (C=N–C) groups is 1. The molecule has 81 heavy (non-hydrogen) atoms. The van der Waals surface area contributed by atoms with Crippen molar-refractivity contribution in [1.82, 2.24) is 33.5 Å². The quantitative estimate of drug-likeness (QED) is 0.101. The zero-order valence-electron chi connectivity index (χ0n) is 43.0. The van der Waals surface area contributed by atoms with Gasteiger partial charge in [0.15, 0.2) is 0 Å². The molecule has 430 valence electrons. The molecule has 11 rings (SSSR count). The van der Waals surface area contributed by atoms with Crippen molar-refractivity contribution < 1.29 is 71.0 Å². The Bertz CT molecular complexity index is 3770. The molecule has 6 atom stereocenters. The van der Waals surface area contributed by atoms with Crippen LogP contribution in [-0.4, -0.2) is 142 Å². The van der Waals surface area contributed by atoms with E-state index in [-0.39, 0.29) is 96.7 Å². The number of hydrogen-bond donors (Lipinski definition) is 6. The number of pyridine rings is 2. The number of amides is 2. The number of nitrogens with one attached hydrogen (secondary N) is 4. The van der Waals surface area contributed by atoms with Crippen molar-refractivity contribution in [1.29, 1.82) is 0 Å². The average Bonchev–Trinajstić information content (AvgIpc) is 4.30.